The molecule has 0 amide bonds. The van der Waals surface area contributed by atoms with Crippen LogP contribution in [-0.2, 0) is 6.54 Å². The van der Waals surface area contributed by atoms with E-state index in [0.717, 1.165) is 18.0 Å². The summed E-state index contributed by atoms with van der Waals surface area (Å²) in [6.07, 6.45) is -0.540. The Bertz CT molecular complexity index is 655. The quantitative estimate of drug-likeness (QED) is 0.756. The van der Waals surface area contributed by atoms with Crippen LogP contribution in [0.5, 0.6) is 11.5 Å². The Hall–Kier alpha value is -2.04. The number of hydrogen-bond donors (Lipinski definition) is 1. The second-order valence-electron chi connectivity index (χ2n) is 6.50. The SMILES string of the molecule is CCOc1ccc(OC[C@H](O)CN(C)Cc2ccc(C)cc2C)cc1. The number of aliphatic hydroxyl groups excluding tert-OH is 1. The Kier molecular flexibility index (Phi) is 7.29. The van der Waals surface area contributed by atoms with Crippen LogP contribution in [0.15, 0.2) is 42.5 Å². The van der Waals surface area contributed by atoms with E-state index in [0.29, 0.717) is 13.2 Å². The molecule has 4 heteroatoms. The number of likely N-dealkylation sites (N-methyl/N-ethyl adjacent to an activating group) is 1. The van der Waals surface area contributed by atoms with Gasteiger partial charge in [-0.2, -0.15) is 0 Å². The van der Waals surface area contributed by atoms with Gasteiger partial charge in [-0.25, -0.2) is 0 Å². The van der Waals surface area contributed by atoms with Crippen molar-refractivity contribution >= 4 is 0 Å². The second kappa shape index (κ2) is 9.44. The Morgan fingerprint density at radius 1 is 1.00 bits per heavy atom. The molecule has 0 bridgehead atoms. The van der Waals surface area contributed by atoms with E-state index in [1.54, 1.807) is 0 Å². The largest absolute Gasteiger partial charge is 0.494 e. The van der Waals surface area contributed by atoms with Gasteiger partial charge in [-0.05, 0) is 63.2 Å². The van der Waals surface area contributed by atoms with Crippen molar-refractivity contribution < 1.29 is 14.6 Å². The van der Waals surface area contributed by atoms with Crippen molar-refractivity contribution in [3.63, 3.8) is 0 Å². The van der Waals surface area contributed by atoms with E-state index in [4.69, 9.17) is 9.47 Å². The molecular weight excluding hydrogens is 314 g/mol. The molecule has 0 aliphatic carbocycles. The van der Waals surface area contributed by atoms with Gasteiger partial charge in [0.05, 0.1) is 6.61 Å². The summed E-state index contributed by atoms with van der Waals surface area (Å²) in [6.45, 7) is 8.47. The third-order valence-corrected chi connectivity index (χ3v) is 4.04. The summed E-state index contributed by atoms with van der Waals surface area (Å²) in [6, 6.07) is 13.9. The fourth-order valence-electron chi connectivity index (χ4n) is 2.78. The smallest absolute Gasteiger partial charge is 0.119 e. The lowest BCUT2D eigenvalue weighted by molar-refractivity contribution is 0.0743. The molecule has 2 aromatic rings. The summed E-state index contributed by atoms with van der Waals surface area (Å²) in [5, 5.41) is 10.2. The van der Waals surface area contributed by atoms with Crippen molar-refractivity contribution in [3.8, 4) is 11.5 Å². The lowest BCUT2D eigenvalue weighted by Gasteiger charge is -2.22. The van der Waals surface area contributed by atoms with E-state index in [-0.39, 0.29) is 6.61 Å². The van der Waals surface area contributed by atoms with E-state index in [1.165, 1.54) is 16.7 Å². The van der Waals surface area contributed by atoms with Crippen molar-refractivity contribution in [2.75, 3.05) is 26.8 Å². The number of ether oxygens (including phenoxy) is 2. The predicted octanol–water partition coefficient (Wildman–Crippen LogP) is 3.57. The number of nitrogens with zero attached hydrogens (tertiary/aromatic N) is 1. The number of benzene rings is 2. The highest BCUT2D eigenvalue weighted by atomic mass is 16.5. The van der Waals surface area contributed by atoms with E-state index in [9.17, 15) is 5.11 Å². The summed E-state index contributed by atoms with van der Waals surface area (Å²) >= 11 is 0. The molecule has 0 heterocycles. The van der Waals surface area contributed by atoms with Gasteiger partial charge in [-0.3, -0.25) is 4.90 Å². The average molecular weight is 343 g/mol. The van der Waals surface area contributed by atoms with Gasteiger partial charge < -0.3 is 14.6 Å². The zero-order chi connectivity index (χ0) is 18.2. The maximum Gasteiger partial charge on any atom is 0.119 e. The molecule has 0 aliphatic rings. The van der Waals surface area contributed by atoms with Crippen LogP contribution in [0.1, 0.15) is 23.6 Å². The van der Waals surface area contributed by atoms with Gasteiger partial charge in [0.25, 0.3) is 0 Å². The third kappa shape index (κ3) is 6.40. The first kappa shape index (κ1) is 19.3. The number of aryl methyl sites for hydroxylation is 2. The van der Waals surface area contributed by atoms with Crippen LogP contribution in [0.3, 0.4) is 0 Å². The Morgan fingerprint density at radius 3 is 2.24 bits per heavy atom. The summed E-state index contributed by atoms with van der Waals surface area (Å²) < 4.78 is 11.1. The van der Waals surface area contributed by atoms with Crippen molar-refractivity contribution in [1.82, 2.24) is 4.90 Å². The van der Waals surface area contributed by atoms with Crippen LogP contribution < -0.4 is 9.47 Å². The van der Waals surface area contributed by atoms with Crippen LogP contribution in [-0.4, -0.2) is 42.9 Å². The highest BCUT2D eigenvalue weighted by Gasteiger charge is 2.11. The predicted molar refractivity (Wildman–Crippen MR) is 101 cm³/mol. The molecule has 25 heavy (non-hydrogen) atoms. The molecule has 1 N–H and O–H groups in total. The molecule has 1 atom stereocenters. The molecule has 4 nitrogen and oxygen atoms in total. The Balaban J connectivity index is 1.78. The van der Waals surface area contributed by atoms with E-state index < -0.39 is 6.10 Å². The monoisotopic (exact) mass is 343 g/mol. The summed E-state index contributed by atoms with van der Waals surface area (Å²) in [5.41, 5.74) is 3.84. The normalized spacial score (nSPS) is 12.2. The first-order valence-electron chi connectivity index (χ1n) is 8.76. The van der Waals surface area contributed by atoms with Gasteiger partial charge in [0.1, 0.15) is 24.2 Å². The molecule has 0 saturated heterocycles. The average Bonchev–Trinajstić information content (AvgIpc) is 2.57. The van der Waals surface area contributed by atoms with Crippen molar-refractivity contribution in [1.29, 1.82) is 0 Å². The second-order valence-corrected chi connectivity index (χ2v) is 6.50. The Morgan fingerprint density at radius 2 is 1.64 bits per heavy atom. The third-order valence-electron chi connectivity index (χ3n) is 4.04. The van der Waals surface area contributed by atoms with Crippen molar-refractivity contribution in [2.24, 2.45) is 0 Å². The maximum atomic E-state index is 10.2. The van der Waals surface area contributed by atoms with Gasteiger partial charge in [-0.1, -0.05) is 23.8 Å². The maximum absolute atomic E-state index is 10.2. The van der Waals surface area contributed by atoms with E-state index in [1.807, 2.05) is 38.2 Å². The zero-order valence-corrected chi connectivity index (χ0v) is 15.7. The fourth-order valence-corrected chi connectivity index (χ4v) is 2.78. The molecule has 0 aromatic heterocycles. The molecule has 2 aromatic carbocycles. The highest BCUT2D eigenvalue weighted by Crippen LogP contribution is 2.18. The van der Waals surface area contributed by atoms with Crippen LogP contribution in [0.25, 0.3) is 0 Å². The van der Waals surface area contributed by atoms with Crippen LogP contribution in [0.2, 0.25) is 0 Å². The summed E-state index contributed by atoms with van der Waals surface area (Å²) in [4.78, 5) is 2.11. The van der Waals surface area contributed by atoms with E-state index >= 15 is 0 Å². The molecule has 0 spiro atoms. The minimum atomic E-state index is -0.540. The molecular formula is C21H29NO3. The van der Waals surface area contributed by atoms with Gasteiger partial charge in [0.15, 0.2) is 0 Å². The summed E-state index contributed by atoms with van der Waals surface area (Å²) in [5.74, 6) is 1.56. The fraction of sp³-hybridized carbons (Fsp3) is 0.429. The van der Waals surface area contributed by atoms with Gasteiger partial charge in [0.2, 0.25) is 0 Å². The van der Waals surface area contributed by atoms with Gasteiger partial charge in [-0.15, -0.1) is 0 Å². The van der Waals surface area contributed by atoms with Crippen molar-refractivity contribution in [3.05, 3.63) is 59.2 Å². The molecule has 0 unspecified atom stereocenters. The van der Waals surface area contributed by atoms with Crippen molar-refractivity contribution in [2.45, 2.75) is 33.4 Å². The first-order chi connectivity index (χ1) is 12.0. The molecule has 136 valence electrons. The van der Waals surface area contributed by atoms with E-state index in [2.05, 4.69) is 36.9 Å². The molecule has 0 saturated carbocycles. The molecule has 0 aliphatic heterocycles. The molecule has 0 fully saturated rings. The number of rotatable bonds is 9. The number of hydrogen-bond acceptors (Lipinski definition) is 4. The summed E-state index contributed by atoms with van der Waals surface area (Å²) in [7, 11) is 2.01. The molecule has 2 rings (SSSR count). The number of aliphatic hydroxyl groups is 1. The zero-order valence-electron chi connectivity index (χ0n) is 15.7. The van der Waals surface area contributed by atoms with Crippen LogP contribution in [0.4, 0.5) is 0 Å². The van der Waals surface area contributed by atoms with Gasteiger partial charge >= 0.3 is 0 Å². The highest BCUT2D eigenvalue weighted by molar-refractivity contribution is 5.31. The Labute approximate surface area is 151 Å². The van der Waals surface area contributed by atoms with Gasteiger partial charge in [0, 0.05) is 13.1 Å². The topological polar surface area (TPSA) is 41.9 Å². The van der Waals surface area contributed by atoms with Crippen LogP contribution >= 0.6 is 0 Å². The lowest BCUT2D eigenvalue weighted by Crippen LogP contribution is -2.33. The van der Waals surface area contributed by atoms with Crippen LogP contribution in [0, 0.1) is 13.8 Å². The standard InChI is InChI=1S/C21H29NO3/c1-5-24-20-8-10-21(11-9-20)25-15-19(23)14-22(4)13-18-7-6-16(2)12-17(18)3/h6-12,19,23H,5,13-15H2,1-4H3/t19-/m1/s1. The minimum Gasteiger partial charge on any atom is -0.494 e. The minimum absolute atomic E-state index is 0.269. The first-order valence-corrected chi connectivity index (χ1v) is 8.76. The lowest BCUT2D eigenvalue weighted by atomic mass is 10.1. The molecule has 0 radical (unpaired) electrons.